The van der Waals surface area contributed by atoms with Crippen molar-refractivity contribution in [1.29, 1.82) is 0 Å². The fourth-order valence-electron chi connectivity index (χ4n) is 7.38. The molecule has 50 heavy (non-hydrogen) atoms. The number of allylic oxidation sites excluding steroid dienone is 2. The van der Waals surface area contributed by atoms with Crippen LogP contribution in [0, 0.1) is 0 Å². The fraction of sp³-hybridized carbons (Fsp3) is 0.0952. The van der Waals surface area contributed by atoms with E-state index in [0.717, 1.165) is 70.7 Å². The molecule has 7 aromatic rings. The molecule has 1 aliphatic carbocycles. The molecule has 1 aliphatic heterocycles. The summed E-state index contributed by atoms with van der Waals surface area (Å²) in [4.78, 5) is 0. The molecule has 0 spiro atoms. The molecule has 1 fully saturated rings. The van der Waals surface area contributed by atoms with Gasteiger partial charge in [0.25, 0.3) is 0 Å². The predicted octanol–water partition coefficient (Wildman–Crippen LogP) is 9.70. The second-order valence-electron chi connectivity index (χ2n) is 12.7. The van der Waals surface area contributed by atoms with Crippen molar-refractivity contribution in [3.05, 3.63) is 174 Å². The first-order chi connectivity index (χ1) is 24.7. The zero-order valence-electron chi connectivity index (χ0n) is 27.3. The SMILES string of the molecule is S=P1(c2ccccc2)C(c2cccc(-n3cc(-c4ccccc4)nn3)c2)=C2CCCCC2=C1c1cccc(-n2cc(-c3ccccc3)nn2)c1. The lowest BCUT2D eigenvalue weighted by atomic mass is 9.87. The molecule has 0 amide bonds. The van der Waals surface area contributed by atoms with Crippen LogP contribution in [-0.4, -0.2) is 30.0 Å². The van der Waals surface area contributed by atoms with Crippen molar-refractivity contribution in [2.75, 3.05) is 0 Å². The van der Waals surface area contributed by atoms with Crippen molar-refractivity contribution < 1.29 is 0 Å². The smallest absolute Gasteiger partial charge is 0.113 e. The summed E-state index contributed by atoms with van der Waals surface area (Å²) >= 11 is 7.14. The van der Waals surface area contributed by atoms with E-state index in [0.29, 0.717) is 0 Å². The van der Waals surface area contributed by atoms with E-state index >= 15 is 0 Å². The normalized spacial score (nSPS) is 15.4. The lowest BCUT2D eigenvalue weighted by Gasteiger charge is -2.27. The van der Waals surface area contributed by atoms with Gasteiger partial charge in [-0.1, -0.05) is 137 Å². The van der Waals surface area contributed by atoms with E-state index in [1.54, 1.807) is 0 Å². The van der Waals surface area contributed by atoms with Gasteiger partial charge in [-0.15, -0.1) is 10.2 Å². The molecule has 1 saturated carbocycles. The zero-order valence-corrected chi connectivity index (χ0v) is 29.0. The Kier molecular flexibility index (Phi) is 7.80. The highest BCUT2D eigenvalue weighted by molar-refractivity contribution is 8.28. The number of nitrogens with zero attached hydrogens (tertiary/aromatic N) is 6. The number of benzene rings is 5. The van der Waals surface area contributed by atoms with Gasteiger partial charge in [0.2, 0.25) is 0 Å². The Labute approximate surface area is 296 Å². The molecular weight excluding hydrogens is 652 g/mol. The summed E-state index contributed by atoms with van der Waals surface area (Å²) in [6.07, 6.45) is 8.36. The van der Waals surface area contributed by atoms with Crippen molar-refractivity contribution in [3.63, 3.8) is 0 Å². The maximum absolute atomic E-state index is 7.14. The standard InChI is InChI=1S/C42H33N6PS/c50-49(36-22-8-3-9-23-36)41(32-18-12-20-34(26-32)47-28-39(43-45-47)30-14-4-1-5-15-30)37-24-10-11-25-38(37)42(49)33-19-13-21-35(27-33)48-29-40(44-46-48)31-16-6-2-7-17-31/h1-9,12-23,26-29H,10-11,24-25H2. The number of hydrogen-bond donors (Lipinski definition) is 0. The van der Waals surface area contributed by atoms with Gasteiger partial charge in [0.1, 0.15) is 11.4 Å². The first-order valence-corrected chi connectivity index (χ1v) is 19.8. The Bertz CT molecular complexity index is 2310. The zero-order chi connectivity index (χ0) is 33.5. The molecule has 5 aromatic carbocycles. The van der Waals surface area contributed by atoms with Gasteiger partial charge in [-0.05, 0) is 77.5 Å². The molecule has 242 valence electrons. The van der Waals surface area contributed by atoms with Crippen LogP contribution in [0.1, 0.15) is 36.8 Å². The highest BCUT2D eigenvalue weighted by atomic mass is 32.4. The average Bonchev–Trinajstić information content (AvgIpc) is 3.94. The third-order valence-corrected chi connectivity index (χ3v) is 14.8. The van der Waals surface area contributed by atoms with Crippen molar-refractivity contribution in [1.82, 2.24) is 30.0 Å². The van der Waals surface area contributed by atoms with E-state index in [2.05, 4.69) is 124 Å². The van der Waals surface area contributed by atoms with E-state index < -0.39 is 6.04 Å². The molecule has 0 saturated heterocycles. The molecule has 3 heterocycles. The Morgan fingerprint density at radius 2 is 0.900 bits per heavy atom. The van der Waals surface area contributed by atoms with E-state index in [1.165, 1.54) is 27.1 Å². The monoisotopic (exact) mass is 684 g/mol. The maximum atomic E-state index is 7.14. The van der Waals surface area contributed by atoms with Crippen LogP contribution in [0.15, 0.2) is 163 Å². The summed E-state index contributed by atoms with van der Waals surface area (Å²) in [6.45, 7) is 0. The van der Waals surface area contributed by atoms with Crippen LogP contribution in [0.25, 0.3) is 44.5 Å². The van der Waals surface area contributed by atoms with Crippen LogP contribution < -0.4 is 5.30 Å². The summed E-state index contributed by atoms with van der Waals surface area (Å²) in [5.41, 5.74) is 10.9. The largest absolute Gasteiger partial charge is 0.220 e. The predicted molar refractivity (Wildman–Crippen MR) is 206 cm³/mol. The van der Waals surface area contributed by atoms with Gasteiger partial charge in [-0.3, -0.25) is 0 Å². The minimum atomic E-state index is -2.50. The third-order valence-electron chi connectivity index (χ3n) is 9.68. The molecule has 8 heteroatoms. The highest BCUT2D eigenvalue weighted by Gasteiger charge is 2.42. The first-order valence-electron chi connectivity index (χ1n) is 17.0. The summed E-state index contributed by atoms with van der Waals surface area (Å²) in [6, 6.07) is 46.1. The van der Waals surface area contributed by atoms with Crippen molar-refractivity contribution in [2.45, 2.75) is 25.7 Å². The second kappa shape index (κ2) is 12.8. The molecular formula is C42H33N6PS. The van der Waals surface area contributed by atoms with Gasteiger partial charge in [0.05, 0.1) is 23.8 Å². The lowest BCUT2D eigenvalue weighted by molar-refractivity contribution is 0.685. The molecule has 0 radical (unpaired) electrons. The minimum absolute atomic E-state index is 0.843. The summed E-state index contributed by atoms with van der Waals surface area (Å²) in [5, 5.41) is 21.9. The molecule has 0 N–H and O–H groups in total. The van der Waals surface area contributed by atoms with Gasteiger partial charge in [-0.25, -0.2) is 9.36 Å². The summed E-state index contributed by atoms with van der Waals surface area (Å²) < 4.78 is 3.75. The highest BCUT2D eigenvalue weighted by Crippen LogP contribution is 2.75. The number of fused-ring (bicyclic) bond motifs is 1. The minimum Gasteiger partial charge on any atom is -0.220 e. The third kappa shape index (κ3) is 5.30. The molecule has 2 aliphatic rings. The Morgan fingerprint density at radius 3 is 1.36 bits per heavy atom. The van der Waals surface area contributed by atoms with Crippen molar-refractivity contribution in [2.24, 2.45) is 0 Å². The van der Waals surface area contributed by atoms with Crippen LogP contribution in [0.5, 0.6) is 0 Å². The van der Waals surface area contributed by atoms with Crippen LogP contribution >= 0.6 is 6.04 Å². The van der Waals surface area contributed by atoms with Crippen molar-refractivity contribution >= 4 is 33.8 Å². The Hall–Kier alpha value is -5.49. The van der Waals surface area contributed by atoms with Gasteiger partial charge < -0.3 is 0 Å². The van der Waals surface area contributed by atoms with Crippen molar-refractivity contribution in [3.8, 4) is 33.9 Å². The number of aromatic nitrogens is 6. The number of hydrogen-bond acceptors (Lipinski definition) is 5. The molecule has 0 unspecified atom stereocenters. The van der Waals surface area contributed by atoms with Gasteiger partial charge in [0.15, 0.2) is 0 Å². The van der Waals surface area contributed by atoms with Gasteiger partial charge in [-0.2, -0.15) is 0 Å². The molecule has 9 rings (SSSR count). The van der Waals surface area contributed by atoms with Crippen LogP contribution in [0.4, 0.5) is 0 Å². The van der Waals surface area contributed by atoms with Crippen LogP contribution in [0.3, 0.4) is 0 Å². The molecule has 2 aromatic heterocycles. The molecule has 0 atom stereocenters. The van der Waals surface area contributed by atoms with E-state index in [4.69, 9.17) is 11.8 Å². The average molecular weight is 685 g/mol. The fourth-order valence-corrected chi connectivity index (χ4v) is 12.6. The van der Waals surface area contributed by atoms with Crippen LogP contribution in [0.2, 0.25) is 0 Å². The van der Waals surface area contributed by atoms with Gasteiger partial charge >= 0.3 is 0 Å². The summed E-state index contributed by atoms with van der Waals surface area (Å²) in [7, 11) is 0. The topological polar surface area (TPSA) is 61.4 Å². The quantitative estimate of drug-likeness (QED) is 0.157. The lowest BCUT2D eigenvalue weighted by Crippen LogP contribution is -2.07. The first kappa shape index (κ1) is 30.6. The van der Waals surface area contributed by atoms with Gasteiger partial charge in [0, 0.05) is 27.8 Å². The Balaban J connectivity index is 1.17. The maximum Gasteiger partial charge on any atom is 0.113 e. The molecule has 0 bridgehead atoms. The van der Waals surface area contributed by atoms with E-state index in [1.807, 2.05) is 58.2 Å². The van der Waals surface area contributed by atoms with E-state index in [-0.39, 0.29) is 0 Å². The second-order valence-corrected chi connectivity index (χ2v) is 17.0. The molecule has 6 nitrogen and oxygen atoms in total. The van der Waals surface area contributed by atoms with E-state index in [9.17, 15) is 0 Å². The summed E-state index contributed by atoms with van der Waals surface area (Å²) in [5.74, 6) is 0. The Morgan fingerprint density at radius 1 is 0.480 bits per heavy atom. The number of rotatable bonds is 7. The van der Waals surface area contributed by atoms with Crippen LogP contribution in [-0.2, 0) is 11.8 Å².